The third-order valence-electron chi connectivity index (χ3n) is 3.36. The van der Waals surface area contributed by atoms with E-state index in [0.29, 0.717) is 0 Å². The summed E-state index contributed by atoms with van der Waals surface area (Å²) in [5.41, 5.74) is 0. The van der Waals surface area contributed by atoms with Gasteiger partial charge in [0.25, 0.3) is 0 Å². The molecule has 0 radical (unpaired) electrons. The smallest absolute Gasteiger partial charge is 0.337 e. The number of hydrogen-bond acceptors (Lipinski definition) is 3. The van der Waals surface area contributed by atoms with E-state index in [1.807, 2.05) is 0 Å². The highest BCUT2D eigenvalue weighted by Gasteiger charge is 2.40. The van der Waals surface area contributed by atoms with Crippen molar-refractivity contribution < 1.29 is 14.3 Å². The molecule has 1 saturated heterocycles. The molecule has 0 aliphatic carbocycles. The van der Waals surface area contributed by atoms with Crippen LogP contribution in [-0.4, -0.2) is 17.9 Å². The summed E-state index contributed by atoms with van der Waals surface area (Å²) in [6.45, 7) is 5.82. The van der Waals surface area contributed by atoms with Crippen molar-refractivity contribution in [2.24, 2.45) is 0 Å². The minimum absolute atomic E-state index is 0.192. The summed E-state index contributed by atoms with van der Waals surface area (Å²) < 4.78 is 10.7. The van der Waals surface area contributed by atoms with Gasteiger partial charge >= 0.3 is 5.97 Å². The van der Waals surface area contributed by atoms with Gasteiger partial charge in [-0.15, -0.1) is 0 Å². The quantitative estimate of drug-likeness (QED) is 0.458. The molecule has 1 atom stereocenters. The van der Waals surface area contributed by atoms with Gasteiger partial charge < -0.3 is 9.47 Å². The van der Waals surface area contributed by atoms with Crippen molar-refractivity contribution in [2.75, 3.05) is 0 Å². The van der Waals surface area contributed by atoms with Crippen molar-refractivity contribution in [1.82, 2.24) is 0 Å². The molecule has 106 valence electrons. The molecular formula is C15H28O3. The molecule has 1 heterocycles. The topological polar surface area (TPSA) is 35.5 Å². The monoisotopic (exact) mass is 256 g/mol. The van der Waals surface area contributed by atoms with E-state index in [1.54, 1.807) is 13.8 Å². The minimum atomic E-state index is -0.720. The normalized spacial score (nSPS) is 22.2. The minimum Gasteiger partial charge on any atom is -0.432 e. The van der Waals surface area contributed by atoms with Gasteiger partial charge in [0.2, 0.25) is 5.79 Å². The largest absolute Gasteiger partial charge is 0.432 e. The highest BCUT2D eigenvalue weighted by atomic mass is 16.8. The molecule has 0 aromatic heterocycles. The number of hydrogen-bond donors (Lipinski definition) is 0. The summed E-state index contributed by atoms with van der Waals surface area (Å²) in [5, 5.41) is 0. The lowest BCUT2D eigenvalue weighted by atomic mass is 10.1. The Balaban J connectivity index is 1.97. The number of rotatable bonds is 9. The van der Waals surface area contributed by atoms with Crippen molar-refractivity contribution in [1.29, 1.82) is 0 Å². The Morgan fingerprint density at radius 3 is 2.06 bits per heavy atom. The van der Waals surface area contributed by atoms with Crippen LogP contribution in [0, 0.1) is 0 Å². The fraction of sp³-hybridized carbons (Fsp3) is 0.933. The first kappa shape index (κ1) is 15.5. The van der Waals surface area contributed by atoms with E-state index in [4.69, 9.17) is 9.47 Å². The predicted molar refractivity (Wildman–Crippen MR) is 72.3 cm³/mol. The number of cyclic esters (lactones) is 1. The standard InChI is InChI=1S/C15H28O3/c1-4-5-6-7-8-9-10-11-12-13-14(16)18-15(2,3)17-13/h13H,4-12H2,1-3H3. The second-order valence-electron chi connectivity index (χ2n) is 5.69. The fourth-order valence-corrected chi connectivity index (χ4v) is 2.36. The maximum Gasteiger partial charge on any atom is 0.337 e. The Labute approximate surface area is 111 Å². The molecular weight excluding hydrogens is 228 g/mol. The van der Waals surface area contributed by atoms with Crippen LogP contribution in [0.3, 0.4) is 0 Å². The summed E-state index contributed by atoms with van der Waals surface area (Å²) in [5.74, 6) is -0.912. The van der Waals surface area contributed by atoms with E-state index in [2.05, 4.69) is 6.92 Å². The summed E-state index contributed by atoms with van der Waals surface area (Å²) in [4.78, 5) is 11.5. The first-order valence-electron chi connectivity index (χ1n) is 7.46. The first-order chi connectivity index (χ1) is 8.55. The molecule has 1 aliphatic rings. The van der Waals surface area contributed by atoms with Crippen molar-refractivity contribution in [3.63, 3.8) is 0 Å². The molecule has 3 heteroatoms. The Bertz CT molecular complexity index is 248. The molecule has 0 amide bonds. The average Bonchev–Trinajstić information content (AvgIpc) is 2.56. The van der Waals surface area contributed by atoms with E-state index >= 15 is 0 Å². The third-order valence-corrected chi connectivity index (χ3v) is 3.36. The molecule has 0 aromatic rings. The maximum absolute atomic E-state index is 11.5. The van der Waals surface area contributed by atoms with E-state index < -0.39 is 5.79 Å². The lowest BCUT2D eigenvalue weighted by Crippen LogP contribution is -2.21. The average molecular weight is 256 g/mol. The number of carbonyl (C=O) groups excluding carboxylic acids is 1. The van der Waals surface area contributed by atoms with Crippen molar-refractivity contribution in [3.05, 3.63) is 0 Å². The number of ether oxygens (including phenoxy) is 2. The van der Waals surface area contributed by atoms with Crippen LogP contribution >= 0.6 is 0 Å². The Morgan fingerprint density at radius 2 is 1.56 bits per heavy atom. The van der Waals surface area contributed by atoms with Gasteiger partial charge in [0.1, 0.15) is 0 Å². The summed E-state index contributed by atoms with van der Waals surface area (Å²) >= 11 is 0. The molecule has 0 N–H and O–H groups in total. The number of unbranched alkanes of at least 4 members (excludes halogenated alkanes) is 7. The predicted octanol–water partition coefficient (Wildman–Crippen LogP) is 4.20. The molecule has 0 saturated carbocycles. The molecule has 0 aromatic carbocycles. The Kier molecular flexibility index (Phi) is 6.69. The maximum atomic E-state index is 11.5. The highest BCUT2D eigenvalue weighted by Crippen LogP contribution is 2.26. The molecule has 0 bridgehead atoms. The molecule has 1 fully saturated rings. The molecule has 18 heavy (non-hydrogen) atoms. The zero-order chi connectivity index (χ0) is 13.4. The SMILES string of the molecule is CCCCCCCCCCC1OC(C)(C)OC1=O. The van der Waals surface area contributed by atoms with Crippen LogP contribution in [0.2, 0.25) is 0 Å². The van der Waals surface area contributed by atoms with Crippen LogP contribution in [0.25, 0.3) is 0 Å². The van der Waals surface area contributed by atoms with E-state index in [-0.39, 0.29) is 12.1 Å². The van der Waals surface area contributed by atoms with Crippen molar-refractivity contribution in [3.8, 4) is 0 Å². The molecule has 1 aliphatic heterocycles. The van der Waals surface area contributed by atoms with Gasteiger partial charge in [-0.1, -0.05) is 58.3 Å². The Hall–Kier alpha value is -0.570. The molecule has 0 spiro atoms. The Morgan fingerprint density at radius 1 is 1.00 bits per heavy atom. The number of carbonyl (C=O) groups is 1. The van der Waals surface area contributed by atoms with Crippen LogP contribution in [0.1, 0.15) is 78.6 Å². The van der Waals surface area contributed by atoms with Gasteiger partial charge in [-0.3, -0.25) is 0 Å². The molecule has 1 unspecified atom stereocenters. The third kappa shape index (κ3) is 5.85. The van der Waals surface area contributed by atoms with Crippen LogP contribution < -0.4 is 0 Å². The zero-order valence-corrected chi connectivity index (χ0v) is 12.2. The van der Waals surface area contributed by atoms with Crippen LogP contribution in [0.4, 0.5) is 0 Å². The summed E-state index contributed by atoms with van der Waals surface area (Å²) in [6.07, 6.45) is 10.7. The summed E-state index contributed by atoms with van der Waals surface area (Å²) in [7, 11) is 0. The lowest BCUT2D eigenvalue weighted by molar-refractivity contribution is -0.160. The van der Waals surface area contributed by atoms with Crippen molar-refractivity contribution in [2.45, 2.75) is 90.4 Å². The van der Waals surface area contributed by atoms with Gasteiger partial charge in [0.05, 0.1) is 0 Å². The van der Waals surface area contributed by atoms with Gasteiger partial charge in [0.15, 0.2) is 6.10 Å². The zero-order valence-electron chi connectivity index (χ0n) is 12.2. The van der Waals surface area contributed by atoms with Crippen LogP contribution in [0.5, 0.6) is 0 Å². The molecule has 3 nitrogen and oxygen atoms in total. The lowest BCUT2D eigenvalue weighted by Gasteiger charge is -2.15. The van der Waals surface area contributed by atoms with Gasteiger partial charge in [0, 0.05) is 13.8 Å². The van der Waals surface area contributed by atoms with Gasteiger partial charge in [-0.2, -0.15) is 0 Å². The van der Waals surface area contributed by atoms with E-state index in [0.717, 1.165) is 12.8 Å². The van der Waals surface area contributed by atoms with E-state index in [1.165, 1.54) is 44.9 Å². The van der Waals surface area contributed by atoms with Crippen LogP contribution in [-0.2, 0) is 14.3 Å². The first-order valence-corrected chi connectivity index (χ1v) is 7.46. The van der Waals surface area contributed by atoms with Crippen LogP contribution in [0.15, 0.2) is 0 Å². The van der Waals surface area contributed by atoms with Gasteiger partial charge in [-0.05, 0) is 6.42 Å². The summed E-state index contributed by atoms with van der Waals surface area (Å²) in [6, 6.07) is 0. The molecule has 1 rings (SSSR count). The number of esters is 1. The van der Waals surface area contributed by atoms with Gasteiger partial charge in [-0.25, -0.2) is 4.79 Å². The fourth-order valence-electron chi connectivity index (χ4n) is 2.36. The second kappa shape index (κ2) is 7.78. The van der Waals surface area contributed by atoms with Crippen molar-refractivity contribution >= 4 is 5.97 Å². The van der Waals surface area contributed by atoms with E-state index in [9.17, 15) is 4.79 Å². The second-order valence-corrected chi connectivity index (χ2v) is 5.69. The highest BCUT2D eigenvalue weighted by molar-refractivity contribution is 5.76.